The Hall–Kier alpha value is -2.09. The van der Waals surface area contributed by atoms with Crippen LogP contribution in [-0.2, 0) is 21.1 Å². The lowest BCUT2D eigenvalue weighted by atomic mass is 9.95. The smallest absolute Gasteiger partial charge is 0.315 e. The number of benzene rings is 1. The van der Waals surface area contributed by atoms with Gasteiger partial charge in [0.15, 0.2) is 0 Å². The second kappa shape index (κ2) is 9.73. The van der Waals surface area contributed by atoms with Crippen LogP contribution in [0.3, 0.4) is 0 Å². The maximum Gasteiger partial charge on any atom is 0.315 e. The SMILES string of the molecule is CS(=O)(=O)C1CCC(NC(=O)NC(CCC(=O)O)Cc2ccccc2)CC1. The Morgan fingerprint density at radius 3 is 2.33 bits per heavy atom. The lowest BCUT2D eigenvalue weighted by Crippen LogP contribution is -2.48. The highest BCUT2D eigenvalue weighted by Gasteiger charge is 2.28. The van der Waals surface area contributed by atoms with Crippen molar-refractivity contribution >= 4 is 21.8 Å². The molecule has 1 unspecified atom stereocenters. The van der Waals surface area contributed by atoms with E-state index in [2.05, 4.69) is 10.6 Å². The molecular formula is C19H28N2O5S. The standard InChI is InChI=1S/C19H28N2O5S/c1-27(25,26)17-10-7-15(8-11-17)20-19(24)21-16(9-12-18(22)23)13-14-5-3-2-4-6-14/h2-6,15-17H,7-13H2,1H3,(H,22,23)(H2,20,21,24). The van der Waals surface area contributed by atoms with E-state index in [4.69, 9.17) is 5.11 Å². The van der Waals surface area contributed by atoms with Crippen molar-refractivity contribution in [1.82, 2.24) is 10.6 Å². The molecule has 0 aromatic heterocycles. The van der Waals surface area contributed by atoms with E-state index >= 15 is 0 Å². The molecule has 3 N–H and O–H groups in total. The van der Waals surface area contributed by atoms with E-state index in [-0.39, 0.29) is 29.8 Å². The van der Waals surface area contributed by atoms with Crippen molar-refractivity contribution in [3.05, 3.63) is 35.9 Å². The van der Waals surface area contributed by atoms with Crippen molar-refractivity contribution in [1.29, 1.82) is 0 Å². The molecule has 0 aliphatic heterocycles. The molecule has 1 fully saturated rings. The fraction of sp³-hybridized carbons (Fsp3) is 0.579. The van der Waals surface area contributed by atoms with E-state index in [0.717, 1.165) is 5.56 Å². The van der Waals surface area contributed by atoms with Crippen LogP contribution in [-0.4, -0.2) is 49.1 Å². The zero-order valence-electron chi connectivity index (χ0n) is 15.6. The number of carboxylic acids is 1. The van der Waals surface area contributed by atoms with Crippen LogP contribution < -0.4 is 10.6 Å². The van der Waals surface area contributed by atoms with Gasteiger partial charge in [-0.2, -0.15) is 0 Å². The van der Waals surface area contributed by atoms with Gasteiger partial charge >= 0.3 is 12.0 Å². The molecule has 1 aliphatic rings. The number of rotatable bonds is 8. The minimum Gasteiger partial charge on any atom is -0.481 e. The third-order valence-electron chi connectivity index (χ3n) is 4.98. The first-order valence-electron chi connectivity index (χ1n) is 9.25. The third-order valence-corrected chi connectivity index (χ3v) is 6.66. The molecule has 27 heavy (non-hydrogen) atoms. The van der Waals surface area contributed by atoms with Crippen molar-refractivity contribution in [2.45, 2.75) is 62.3 Å². The summed E-state index contributed by atoms with van der Waals surface area (Å²) in [5, 5.41) is 14.4. The quantitative estimate of drug-likeness (QED) is 0.623. The Morgan fingerprint density at radius 2 is 1.78 bits per heavy atom. The number of amides is 2. The first-order valence-corrected chi connectivity index (χ1v) is 11.2. The summed E-state index contributed by atoms with van der Waals surface area (Å²) >= 11 is 0. The van der Waals surface area contributed by atoms with Gasteiger partial charge in [-0.25, -0.2) is 13.2 Å². The molecule has 1 aromatic rings. The van der Waals surface area contributed by atoms with Crippen molar-refractivity contribution in [3.63, 3.8) is 0 Å². The second-order valence-corrected chi connectivity index (χ2v) is 9.57. The maximum atomic E-state index is 12.3. The van der Waals surface area contributed by atoms with Crippen LogP contribution in [0.25, 0.3) is 0 Å². The van der Waals surface area contributed by atoms with Gasteiger partial charge in [0.05, 0.1) is 5.25 Å². The van der Waals surface area contributed by atoms with E-state index in [0.29, 0.717) is 38.5 Å². The predicted octanol–water partition coefficient (Wildman–Crippen LogP) is 2.12. The zero-order chi connectivity index (χ0) is 19.9. The van der Waals surface area contributed by atoms with E-state index in [1.54, 1.807) is 0 Å². The van der Waals surface area contributed by atoms with Gasteiger partial charge in [0, 0.05) is 24.8 Å². The summed E-state index contributed by atoms with van der Waals surface area (Å²) in [6.07, 6.45) is 4.51. The number of nitrogens with one attached hydrogen (secondary N) is 2. The fourth-order valence-electron chi connectivity index (χ4n) is 3.47. The zero-order valence-corrected chi connectivity index (χ0v) is 16.4. The molecule has 1 atom stereocenters. The summed E-state index contributed by atoms with van der Waals surface area (Å²) in [5.74, 6) is -0.894. The van der Waals surface area contributed by atoms with Gasteiger partial charge in [0.25, 0.3) is 0 Å². The van der Waals surface area contributed by atoms with Crippen molar-refractivity contribution in [2.24, 2.45) is 0 Å². The van der Waals surface area contributed by atoms with Crippen LogP contribution in [0.4, 0.5) is 4.79 Å². The van der Waals surface area contributed by atoms with E-state index in [1.165, 1.54) is 6.26 Å². The Bertz CT molecular complexity index is 728. The number of hydrogen-bond donors (Lipinski definition) is 3. The molecule has 0 heterocycles. The summed E-state index contributed by atoms with van der Waals surface area (Å²) in [5.41, 5.74) is 1.03. The predicted molar refractivity (Wildman–Crippen MR) is 103 cm³/mol. The van der Waals surface area contributed by atoms with Gasteiger partial charge < -0.3 is 15.7 Å². The summed E-state index contributed by atoms with van der Waals surface area (Å²) in [6.45, 7) is 0. The van der Waals surface area contributed by atoms with Crippen LogP contribution in [0, 0.1) is 0 Å². The number of aliphatic carboxylic acids is 1. The normalized spacial score (nSPS) is 21.2. The average molecular weight is 397 g/mol. The summed E-state index contributed by atoms with van der Waals surface area (Å²) in [4.78, 5) is 23.2. The molecule has 1 aromatic carbocycles. The van der Waals surface area contributed by atoms with Gasteiger partial charge in [-0.1, -0.05) is 30.3 Å². The van der Waals surface area contributed by atoms with Gasteiger partial charge in [0.1, 0.15) is 9.84 Å². The minimum atomic E-state index is -3.03. The first-order chi connectivity index (χ1) is 12.7. The van der Waals surface area contributed by atoms with Gasteiger partial charge in [-0.3, -0.25) is 4.79 Å². The van der Waals surface area contributed by atoms with Crippen LogP contribution in [0.1, 0.15) is 44.1 Å². The largest absolute Gasteiger partial charge is 0.481 e. The Labute approximate surface area is 160 Å². The van der Waals surface area contributed by atoms with E-state index in [1.807, 2.05) is 30.3 Å². The number of sulfone groups is 1. The van der Waals surface area contributed by atoms with Crippen LogP contribution in [0.15, 0.2) is 30.3 Å². The number of hydrogen-bond acceptors (Lipinski definition) is 4. The molecule has 0 spiro atoms. The number of carboxylic acid groups (broad SMARTS) is 1. The summed E-state index contributed by atoms with van der Waals surface area (Å²) in [6, 6.07) is 8.94. The lowest BCUT2D eigenvalue weighted by Gasteiger charge is -2.29. The summed E-state index contributed by atoms with van der Waals surface area (Å²) in [7, 11) is -3.03. The van der Waals surface area contributed by atoms with Gasteiger partial charge in [0.2, 0.25) is 0 Å². The van der Waals surface area contributed by atoms with Gasteiger partial charge in [-0.05, 0) is 44.1 Å². The molecule has 0 saturated heterocycles. The van der Waals surface area contributed by atoms with Crippen molar-refractivity contribution in [3.8, 4) is 0 Å². The Balaban J connectivity index is 1.86. The number of carbonyl (C=O) groups is 2. The molecule has 2 amide bonds. The molecule has 0 bridgehead atoms. The Kier molecular flexibility index (Phi) is 7.65. The molecule has 2 rings (SSSR count). The highest BCUT2D eigenvalue weighted by atomic mass is 32.2. The van der Waals surface area contributed by atoms with E-state index in [9.17, 15) is 18.0 Å². The molecule has 0 radical (unpaired) electrons. The number of urea groups is 1. The van der Waals surface area contributed by atoms with Crippen molar-refractivity contribution in [2.75, 3.05) is 6.26 Å². The maximum absolute atomic E-state index is 12.3. The van der Waals surface area contributed by atoms with Gasteiger partial charge in [-0.15, -0.1) is 0 Å². The third kappa shape index (κ3) is 7.58. The van der Waals surface area contributed by atoms with E-state index < -0.39 is 15.8 Å². The highest BCUT2D eigenvalue weighted by Crippen LogP contribution is 2.23. The summed E-state index contributed by atoms with van der Waals surface area (Å²) < 4.78 is 23.2. The molecule has 150 valence electrons. The first kappa shape index (κ1) is 21.2. The lowest BCUT2D eigenvalue weighted by molar-refractivity contribution is -0.137. The molecule has 8 heteroatoms. The monoisotopic (exact) mass is 396 g/mol. The Morgan fingerprint density at radius 1 is 1.15 bits per heavy atom. The fourth-order valence-corrected chi connectivity index (χ4v) is 4.60. The number of carbonyl (C=O) groups excluding carboxylic acids is 1. The molecule has 7 nitrogen and oxygen atoms in total. The van der Waals surface area contributed by atoms with Crippen LogP contribution in [0.5, 0.6) is 0 Å². The average Bonchev–Trinajstić information content (AvgIpc) is 2.60. The second-order valence-electron chi connectivity index (χ2n) is 7.24. The molecule has 1 saturated carbocycles. The highest BCUT2D eigenvalue weighted by molar-refractivity contribution is 7.91. The van der Waals surface area contributed by atoms with Crippen LogP contribution in [0.2, 0.25) is 0 Å². The topological polar surface area (TPSA) is 113 Å². The van der Waals surface area contributed by atoms with Crippen LogP contribution >= 0.6 is 0 Å². The molecular weight excluding hydrogens is 368 g/mol. The van der Waals surface area contributed by atoms with Crippen molar-refractivity contribution < 1.29 is 23.1 Å². The minimum absolute atomic E-state index is 0.0166. The molecule has 1 aliphatic carbocycles.